The molecule has 0 saturated carbocycles. The van der Waals surface area contributed by atoms with Gasteiger partial charge in [0.15, 0.2) is 0 Å². The third-order valence-corrected chi connectivity index (χ3v) is 6.30. The Morgan fingerprint density at radius 2 is 2.06 bits per heavy atom. The normalized spacial score (nSPS) is 39.5. The van der Waals surface area contributed by atoms with E-state index in [1.807, 2.05) is 0 Å². The Morgan fingerprint density at radius 1 is 1.11 bits per heavy atom. The minimum Gasteiger partial charge on any atom is -0.329 e. The molecule has 0 aromatic rings. The average Bonchev–Trinajstić information content (AvgIpc) is 2.69. The molecule has 3 rings (SSSR count). The maximum atomic E-state index is 6.24. The topological polar surface area (TPSA) is 32.5 Å². The molecule has 2 unspecified atom stereocenters. The highest BCUT2D eigenvalue weighted by molar-refractivity contribution is 7.99. The predicted octanol–water partition coefficient (Wildman–Crippen LogP) is 1.38. The first-order valence-corrected chi connectivity index (χ1v) is 8.76. The van der Waals surface area contributed by atoms with E-state index < -0.39 is 0 Å². The van der Waals surface area contributed by atoms with E-state index in [9.17, 15) is 0 Å². The van der Waals surface area contributed by atoms with Crippen molar-refractivity contribution < 1.29 is 0 Å². The SMILES string of the molecule is NCC1(N2CCCSCC2)CCN2CCCC2C1. The highest BCUT2D eigenvalue weighted by Crippen LogP contribution is 2.37. The zero-order chi connectivity index (χ0) is 12.4. The molecule has 0 aromatic carbocycles. The fraction of sp³-hybridized carbons (Fsp3) is 1.00. The van der Waals surface area contributed by atoms with Crippen LogP contribution in [0.4, 0.5) is 0 Å². The minimum atomic E-state index is 0.330. The molecular formula is C14H27N3S. The lowest BCUT2D eigenvalue weighted by atomic mass is 9.81. The number of piperidine rings is 1. The summed E-state index contributed by atoms with van der Waals surface area (Å²) in [4.78, 5) is 5.46. The lowest BCUT2D eigenvalue weighted by molar-refractivity contribution is 0.0150. The lowest BCUT2D eigenvalue weighted by Crippen LogP contribution is -2.61. The van der Waals surface area contributed by atoms with Crippen LogP contribution in [-0.2, 0) is 0 Å². The molecule has 3 heterocycles. The molecule has 4 heteroatoms. The molecule has 3 nitrogen and oxygen atoms in total. The summed E-state index contributed by atoms with van der Waals surface area (Å²) < 4.78 is 0. The van der Waals surface area contributed by atoms with Gasteiger partial charge in [0.2, 0.25) is 0 Å². The van der Waals surface area contributed by atoms with Crippen LogP contribution < -0.4 is 5.73 Å². The van der Waals surface area contributed by atoms with Crippen molar-refractivity contribution in [2.75, 3.05) is 44.2 Å². The Hall–Kier alpha value is 0.230. The van der Waals surface area contributed by atoms with E-state index >= 15 is 0 Å². The summed E-state index contributed by atoms with van der Waals surface area (Å²) in [5, 5.41) is 0. The smallest absolute Gasteiger partial charge is 0.0359 e. The first-order chi connectivity index (χ1) is 8.84. The van der Waals surface area contributed by atoms with Gasteiger partial charge in [-0.25, -0.2) is 0 Å². The molecule has 0 radical (unpaired) electrons. The Bertz CT molecular complexity index is 278. The molecule has 104 valence electrons. The summed E-state index contributed by atoms with van der Waals surface area (Å²) in [5.41, 5.74) is 6.57. The zero-order valence-corrected chi connectivity index (χ0v) is 12.3. The number of thioether (sulfide) groups is 1. The zero-order valence-electron chi connectivity index (χ0n) is 11.4. The van der Waals surface area contributed by atoms with Gasteiger partial charge in [0, 0.05) is 37.0 Å². The van der Waals surface area contributed by atoms with Crippen molar-refractivity contribution in [1.82, 2.24) is 9.80 Å². The van der Waals surface area contributed by atoms with E-state index in [-0.39, 0.29) is 0 Å². The monoisotopic (exact) mass is 269 g/mol. The molecule has 3 aliphatic heterocycles. The fourth-order valence-corrected chi connectivity index (χ4v) is 5.02. The number of nitrogens with two attached hydrogens (primary N) is 1. The van der Waals surface area contributed by atoms with Gasteiger partial charge in [0.1, 0.15) is 0 Å². The van der Waals surface area contributed by atoms with Crippen LogP contribution in [0.2, 0.25) is 0 Å². The van der Waals surface area contributed by atoms with Crippen LogP contribution in [0.25, 0.3) is 0 Å². The van der Waals surface area contributed by atoms with Gasteiger partial charge in [-0.05, 0) is 50.9 Å². The molecule has 0 aromatic heterocycles. The highest BCUT2D eigenvalue weighted by Gasteiger charge is 2.44. The van der Waals surface area contributed by atoms with Crippen LogP contribution >= 0.6 is 11.8 Å². The van der Waals surface area contributed by atoms with Crippen molar-refractivity contribution in [3.05, 3.63) is 0 Å². The van der Waals surface area contributed by atoms with Gasteiger partial charge < -0.3 is 10.6 Å². The summed E-state index contributed by atoms with van der Waals surface area (Å²) >= 11 is 2.12. The maximum Gasteiger partial charge on any atom is 0.0359 e. The third kappa shape index (κ3) is 2.45. The molecule has 0 spiro atoms. The second-order valence-electron chi connectivity index (χ2n) is 6.17. The second-order valence-corrected chi connectivity index (χ2v) is 7.39. The number of hydrogen-bond acceptors (Lipinski definition) is 4. The third-order valence-electron chi connectivity index (χ3n) is 5.25. The summed E-state index contributed by atoms with van der Waals surface area (Å²) in [6.07, 6.45) is 6.78. The van der Waals surface area contributed by atoms with Gasteiger partial charge in [0.05, 0.1) is 0 Å². The van der Waals surface area contributed by atoms with Crippen molar-refractivity contribution in [3.8, 4) is 0 Å². The average molecular weight is 269 g/mol. The first-order valence-electron chi connectivity index (χ1n) is 7.61. The molecule has 3 aliphatic rings. The van der Waals surface area contributed by atoms with E-state index in [2.05, 4.69) is 21.6 Å². The largest absolute Gasteiger partial charge is 0.329 e. The predicted molar refractivity (Wildman–Crippen MR) is 79.1 cm³/mol. The molecule has 2 N–H and O–H groups in total. The molecule has 0 bridgehead atoms. The van der Waals surface area contributed by atoms with Crippen LogP contribution in [0.3, 0.4) is 0 Å². The summed E-state index contributed by atoms with van der Waals surface area (Å²) in [7, 11) is 0. The number of fused-ring (bicyclic) bond motifs is 1. The van der Waals surface area contributed by atoms with E-state index in [0.717, 1.165) is 12.6 Å². The summed E-state index contributed by atoms with van der Waals surface area (Å²) in [6, 6.07) is 0.832. The van der Waals surface area contributed by atoms with E-state index in [1.54, 1.807) is 0 Å². The number of rotatable bonds is 2. The van der Waals surface area contributed by atoms with Crippen LogP contribution in [0, 0.1) is 0 Å². The minimum absolute atomic E-state index is 0.330. The van der Waals surface area contributed by atoms with Crippen molar-refractivity contribution in [2.24, 2.45) is 5.73 Å². The fourth-order valence-electron chi connectivity index (χ4n) is 4.14. The van der Waals surface area contributed by atoms with Gasteiger partial charge in [-0.1, -0.05) is 0 Å². The lowest BCUT2D eigenvalue weighted by Gasteiger charge is -2.50. The van der Waals surface area contributed by atoms with Crippen molar-refractivity contribution in [2.45, 2.75) is 43.7 Å². The van der Waals surface area contributed by atoms with E-state index in [4.69, 9.17) is 5.73 Å². The van der Waals surface area contributed by atoms with Crippen LogP contribution in [0.15, 0.2) is 0 Å². The molecule has 0 amide bonds. The quantitative estimate of drug-likeness (QED) is 0.821. The number of nitrogens with zero attached hydrogens (tertiary/aromatic N) is 2. The molecule has 0 aliphatic carbocycles. The maximum absolute atomic E-state index is 6.24. The first kappa shape index (κ1) is 13.2. The Labute approximate surface area is 115 Å². The molecule has 18 heavy (non-hydrogen) atoms. The van der Waals surface area contributed by atoms with Crippen LogP contribution in [0.1, 0.15) is 32.1 Å². The standard InChI is InChI=1S/C14H27N3S/c15-12-14(17-6-2-9-18-10-8-17)4-7-16-5-1-3-13(16)11-14/h13H,1-12,15H2. The summed E-state index contributed by atoms with van der Waals surface area (Å²) in [5.74, 6) is 2.64. The highest BCUT2D eigenvalue weighted by atomic mass is 32.2. The van der Waals surface area contributed by atoms with Crippen LogP contribution in [0.5, 0.6) is 0 Å². The Kier molecular flexibility index (Phi) is 4.18. The van der Waals surface area contributed by atoms with Gasteiger partial charge in [0.25, 0.3) is 0 Å². The Morgan fingerprint density at radius 3 is 2.94 bits per heavy atom. The molecule has 3 saturated heterocycles. The van der Waals surface area contributed by atoms with Crippen LogP contribution in [-0.4, -0.2) is 65.6 Å². The Balaban J connectivity index is 1.72. The van der Waals surface area contributed by atoms with Crippen molar-refractivity contribution in [3.63, 3.8) is 0 Å². The van der Waals surface area contributed by atoms with Gasteiger partial charge in [-0.2, -0.15) is 11.8 Å². The molecule has 3 fully saturated rings. The number of hydrogen-bond donors (Lipinski definition) is 1. The van der Waals surface area contributed by atoms with Crippen molar-refractivity contribution in [1.29, 1.82) is 0 Å². The van der Waals surface area contributed by atoms with E-state index in [0.29, 0.717) is 5.54 Å². The van der Waals surface area contributed by atoms with Gasteiger partial charge >= 0.3 is 0 Å². The van der Waals surface area contributed by atoms with Gasteiger partial charge in [-0.15, -0.1) is 0 Å². The summed E-state index contributed by atoms with van der Waals surface area (Å²) in [6.45, 7) is 6.01. The second kappa shape index (κ2) is 5.70. The molecule has 2 atom stereocenters. The molecular weight excluding hydrogens is 242 g/mol. The van der Waals surface area contributed by atoms with E-state index in [1.165, 1.54) is 69.8 Å². The van der Waals surface area contributed by atoms with Gasteiger partial charge in [-0.3, -0.25) is 4.90 Å². The van der Waals surface area contributed by atoms with Crippen molar-refractivity contribution >= 4 is 11.8 Å².